The van der Waals surface area contributed by atoms with Crippen LogP contribution in [-0.4, -0.2) is 14.3 Å². The van der Waals surface area contributed by atoms with Gasteiger partial charge in [0.05, 0.1) is 23.7 Å². The molecule has 0 bridgehead atoms. The normalized spacial score (nSPS) is 12.5. The van der Waals surface area contributed by atoms with Crippen LogP contribution in [0.4, 0.5) is 0 Å². The van der Waals surface area contributed by atoms with E-state index in [1.54, 1.807) is 25.1 Å². The molecule has 6 nitrogen and oxygen atoms in total. The molecule has 152 valence electrons. The van der Waals surface area contributed by atoms with Crippen molar-refractivity contribution in [1.82, 2.24) is 10.0 Å². The molecule has 0 radical (unpaired) electrons. The largest absolute Gasteiger partial charge is 0.468 e. The highest BCUT2D eigenvalue weighted by molar-refractivity contribution is 7.89. The third-order valence-electron chi connectivity index (χ3n) is 4.71. The number of aryl methyl sites for hydroxylation is 2. The average Bonchev–Trinajstić information content (AvgIpc) is 3.21. The maximum Gasteiger partial charge on any atom is 0.252 e. The summed E-state index contributed by atoms with van der Waals surface area (Å²) >= 11 is 0. The molecule has 1 atom stereocenters. The number of hydrogen-bond donors (Lipinski definition) is 2. The van der Waals surface area contributed by atoms with Crippen LogP contribution in [0.15, 0.2) is 70.2 Å². The predicted molar refractivity (Wildman–Crippen MR) is 111 cm³/mol. The molecule has 29 heavy (non-hydrogen) atoms. The van der Waals surface area contributed by atoms with Gasteiger partial charge < -0.3 is 9.73 Å². The van der Waals surface area contributed by atoms with E-state index in [-0.39, 0.29) is 23.4 Å². The number of benzene rings is 2. The van der Waals surface area contributed by atoms with E-state index < -0.39 is 10.0 Å². The summed E-state index contributed by atoms with van der Waals surface area (Å²) in [6.07, 6.45) is 1.48. The third-order valence-corrected chi connectivity index (χ3v) is 6.10. The molecule has 3 rings (SSSR count). The molecule has 1 unspecified atom stereocenters. The quantitative estimate of drug-likeness (QED) is 0.617. The summed E-state index contributed by atoms with van der Waals surface area (Å²) in [5, 5.41) is 2.94. The van der Waals surface area contributed by atoms with Crippen LogP contribution in [-0.2, 0) is 16.6 Å². The summed E-state index contributed by atoms with van der Waals surface area (Å²) in [7, 11) is -3.78. The molecule has 1 heterocycles. The van der Waals surface area contributed by atoms with E-state index >= 15 is 0 Å². The fourth-order valence-electron chi connectivity index (χ4n) is 2.89. The number of hydrogen-bond acceptors (Lipinski definition) is 4. The van der Waals surface area contributed by atoms with Gasteiger partial charge in [-0.15, -0.1) is 0 Å². The molecule has 2 N–H and O–H groups in total. The van der Waals surface area contributed by atoms with Crippen LogP contribution in [0.3, 0.4) is 0 Å². The highest BCUT2D eigenvalue weighted by Crippen LogP contribution is 2.19. The number of carbonyl (C=O) groups excluding carboxylic acids is 1. The first-order chi connectivity index (χ1) is 13.8. The molecule has 1 aromatic heterocycles. The van der Waals surface area contributed by atoms with Crippen molar-refractivity contribution < 1.29 is 17.6 Å². The molecule has 0 saturated carbocycles. The van der Waals surface area contributed by atoms with E-state index in [4.69, 9.17) is 4.42 Å². The minimum Gasteiger partial charge on any atom is -0.468 e. The van der Waals surface area contributed by atoms with Gasteiger partial charge in [-0.3, -0.25) is 4.79 Å². The SMILES string of the molecule is Cc1ccc(C(C)NC(=O)c2cc(S(=O)(=O)NCc3ccco3)ccc2C)cc1. The van der Waals surface area contributed by atoms with Crippen LogP contribution in [0.2, 0.25) is 0 Å². The molecule has 0 spiro atoms. The van der Waals surface area contributed by atoms with Crippen LogP contribution in [0.25, 0.3) is 0 Å². The Morgan fingerprint density at radius 3 is 2.45 bits per heavy atom. The van der Waals surface area contributed by atoms with Crippen molar-refractivity contribution in [1.29, 1.82) is 0 Å². The van der Waals surface area contributed by atoms with E-state index in [0.717, 1.165) is 11.1 Å². The Bertz CT molecular complexity index is 1090. The van der Waals surface area contributed by atoms with Gasteiger partial charge in [0.1, 0.15) is 5.76 Å². The summed E-state index contributed by atoms with van der Waals surface area (Å²) in [5.74, 6) is 0.184. The Balaban J connectivity index is 1.77. The molecule has 1 amide bonds. The second kappa shape index (κ2) is 8.63. The smallest absolute Gasteiger partial charge is 0.252 e. The van der Waals surface area contributed by atoms with Gasteiger partial charge in [-0.1, -0.05) is 35.9 Å². The standard InChI is InChI=1S/C22H24N2O4S/c1-15-6-9-18(10-7-15)17(3)24-22(25)21-13-20(11-8-16(21)2)29(26,27)23-14-19-5-4-12-28-19/h4-13,17,23H,14H2,1-3H3,(H,24,25). The first-order valence-electron chi connectivity index (χ1n) is 9.26. The Morgan fingerprint density at radius 2 is 1.79 bits per heavy atom. The Hall–Kier alpha value is -2.90. The van der Waals surface area contributed by atoms with E-state index in [1.807, 2.05) is 38.1 Å². The first kappa shape index (κ1) is 20.8. The van der Waals surface area contributed by atoms with Crippen molar-refractivity contribution >= 4 is 15.9 Å². The lowest BCUT2D eigenvalue weighted by molar-refractivity contribution is 0.0939. The first-order valence-corrected chi connectivity index (χ1v) is 10.7. The monoisotopic (exact) mass is 412 g/mol. The topological polar surface area (TPSA) is 88.4 Å². The Morgan fingerprint density at radius 1 is 1.07 bits per heavy atom. The van der Waals surface area contributed by atoms with Gasteiger partial charge in [-0.2, -0.15) is 0 Å². The van der Waals surface area contributed by atoms with Crippen LogP contribution >= 0.6 is 0 Å². The van der Waals surface area contributed by atoms with Crippen molar-refractivity contribution in [3.8, 4) is 0 Å². The zero-order valence-electron chi connectivity index (χ0n) is 16.6. The van der Waals surface area contributed by atoms with Crippen molar-refractivity contribution in [2.24, 2.45) is 0 Å². The van der Waals surface area contributed by atoms with Crippen LogP contribution in [0.1, 0.15) is 45.8 Å². The molecule has 0 fully saturated rings. The van der Waals surface area contributed by atoms with Crippen LogP contribution in [0.5, 0.6) is 0 Å². The number of nitrogens with one attached hydrogen (secondary N) is 2. The van der Waals surface area contributed by atoms with Crippen molar-refractivity contribution in [3.63, 3.8) is 0 Å². The molecule has 0 aliphatic heterocycles. The fourth-order valence-corrected chi connectivity index (χ4v) is 3.91. The minimum absolute atomic E-state index is 0.0304. The lowest BCUT2D eigenvalue weighted by Crippen LogP contribution is -2.28. The molecular weight excluding hydrogens is 388 g/mol. The van der Waals surface area contributed by atoms with Gasteiger partial charge in [0.2, 0.25) is 10.0 Å². The Kier molecular flexibility index (Phi) is 6.20. The predicted octanol–water partition coefficient (Wildman–Crippen LogP) is 3.87. The number of amides is 1. The molecule has 0 aliphatic rings. The van der Waals surface area contributed by atoms with Gasteiger partial charge in [-0.25, -0.2) is 13.1 Å². The molecule has 7 heteroatoms. The third kappa shape index (κ3) is 5.13. The summed E-state index contributed by atoms with van der Waals surface area (Å²) in [5.41, 5.74) is 3.14. The maximum absolute atomic E-state index is 12.8. The lowest BCUT2D eigenvalue weighted by Gasteiger charge is -2.16. The molecular formula is C22H24N2O4S. The fraction of sp³-hybridized carbons (Fsp3) is 0.227. The molecule has 3 aromatic rings. The molecule has 0 saturated heterocycles. The second-order valence-corrected chi connectivity index (χ2v) is 8.75. The van der Waals surface area contributed by atoms with Gasteiger partial charge in [0.25, 0.3) is 5.91 Å². The number of carbonyl (C=O) groups is 1. The maximum atomic E-state index is 12.8. The van der Waals surface area contributed by atoms with Crippen molar-refractivity contribution in [2.75, 3.05) is 0 Å². The number of sulfonamides is 1. The molecule has 0 aliphatic carbocycles. The van der Waals surface area contributed by atoms with Gasteiger partial charge >= 0.3 is 0 Å². The number of rotatable bonds is 7. The number of furan rings is 1. The van der Waals surface area contributed by atoms with E-state index in [2.05, 4.69) is 10.0 Å². The molecule has 2 aromatic carbocycles. The average molecular weight is 413 g/mol. The van der Waals surface area contributed by atoms with E-state index in [9.17, 15) is 13.2 Å². The highest BCUT2D eigenvalue weighted by Gasteiger charge is 2.19. The summed E-state index contributed by atoms with van der Waals surface area (Å²) in [6.45, 7) is 5.71. The van der Waals surface area contributed by atoms with Gasteiger partial charge in [0.15, 0.2) is 0 Å². The van der Waals surface area contributed by atoms with Crippen molar-refractivity contribution in [2.45, 2.75) is 38.3 Å². The summed E-state index contributed by atoms with van der Waals surface area (Å²) in [6, 6.07) is 15.6. The van der Waals surface area contributed by atoms with E-state index in [0.29, 0.717) is 16.9 Å². The van der Waals surface area contributed by atoms with Crippen LogP contribution in [0, 0.1) is 13.8 Å². The van der Waals surface area contributed by atoms with Crippen molar-refractivity contribution in [3.05, 3.63) is 88.9 Å². The lowest BCUT2D eigenvalue weighted by atomic mass is 10.0. The van der Waals surface area contributed by atoms with Crippen LogP contribution < -0.4 is 10.0 Å². The zero-order chi connectivity index (χ0) is 21.0. The zero-order valence-corrected chi connectivity index (χ0v) is 17.4. The summed E-state index contributed by atoms with van der Waals surface area (Å²) in [4.78, 5) is 12.8. The highest BCUT2D eigenvalue weighted by atomic mass is 32.2. The summed E-state index contributed by atoms with van der Waals surface area (Å²) < 4.78 is 32.8. The minimum atomic E-state index is -3.78. The van der Waals surface area contributed by atoms with Gasteiger partial charge in [-0.05, 0) is 56.2 Å². The van der Waals surface area contributed by atoms with E-state index in [1.165, 1.54) is 18.4 Å². The Labute approximate surface area is 171 Å². The van der Waals surface area contributed by atoms with Gasteiger partial charge in [0, 0.05) is 5.56 Å². The second-order valence-electron chi connectivity index (χ2n) is 6.99.